The Morgan fingerprint density at radius 2 is 1.73 bits per heavy atom. The smallest absolute Gasteiger partial charge is 0.322 e. The van der Waals surface area contributed by atoms with E-state index in [1.54, 1.807) is 6.92 Å². The van der Waals surface area contributed by atoms with Crippen LogP contribution in [0.5, 0.6) is 0 Å². The van der Waals surface area contributed by atoms with Crippen molar-refractivity contribution in [1.29, 1.82) is 0 Å². The number of carbonyl (C=O) groups excluding carboxylic acids is 1. The second-order valence-corrected chi connectivity index (χ2v) is 7.58. The number of carbonyl (C=O) groups is 1. The van der Waals surface area contributed by atoms with E-state index in [-0.39, 0.29) is 28.1 Å². The number of nitrogens with one attached hydrogen (secondary N) is 1. The number of halogens is 1. The van der Waals surface area contributed by atoms with Gasteiger partial charge in [0, 0.05) is 11.1 Å². The first-order valence-corrected chi connectivity index (χ1v) is 9.28. The van der Waals surface area contributed by atoms with Gasteiger partial charge in [-0.15, -0.1) is 5.10 Å². The Morgan fingerprint density at radius 1 is 1.08 bits per heavy atom. The predicted molar refractivity (Wildman–Crippen MR) is 91.8 cm³/mol. The van der Waals surface area contributed by atoms with Crippen LogP contribution in [-0.4, -0.2) is 30.3 Å². The van der Waals surface area contributed by atoms with Gasteiger partial charge in [0.15, 0.2) is 9.84 Å². The molecular weight excluding hydrogens is 361 g/mol. The third-order valence-electron chi connectivity index (χ3n) is 3.59. The van der Waals surface area contributed by atoms with E-state index in [1.807, 2.05) is 0 Å². The molecular formula is C17H14FN3O4S. The van der Waals surface area contributed by atoms with Crippen molar-refractivity contribution >= 4 is 21.8 Å². The molecule has 0 unspecified atom stereocenters. The van der Waals surface area contributed by atoms with E-state index in [2.05, 4.69) is 15.5 Å². The second-order valence-electron chi connectivity index (χ2n) is 5.30. The fraction of sp³-hybridized carbons (Fsp3) is 0.118. The van der Waals surface area contributed by atoms with E-state index in [9.17, 15) is 17.6 Å². The molecule has 0 aliphatic rings. The fourth-order valence-corrected chi connectivity index (χ4v) is 3.02. The van der Waals surface area contributed by atoms with Gasteiger partial charge in [0.2, 0.25) is 5.89 Å². The highest BCUT2D eigenvalue weighted by molar-refractivity contribution is 7.91. The molecule has 1 heterocycles. The maximum Gasteiger partial charge on any atom is 0.322 e. The summed E-state index contributed by atoms with van der Waals surface area (Å²) in [4.78, 5) is 12.3. The molecule has 0 atom stereocenters. The van der Waals surface area contributed by atoms with Gasteiger partial charge < -0.3 is 4.42 Å². The van der Waals surface area contributed by atoms with Crippen molar-refractivity contribution in [3.05, 3.63) is 59.9 Å². The van der Waals surface area contributed by atoms with Crippen LogP contribution in [0.25, 0.3) is 11.5 Å². The summed E-state index contributed by atoms with van der Waals surface area (Å²) in [5, 5.41) is 9.93. The number of rotatable bonds is 5. The number of sulfone groups is 1. The first-order valence-electron chi connectivity index (χ1n) is 7.62. The summed E-state index contributed by atoms with van der Waals surface area (Å²) in [6.45, 7) is 1.55. The van der Waals surface area contributed by atoms with Crippen molar-refractivity contribution in [2.45, 2.75) is 11.8 Å². The van der Waals surface area contributed by atoms with Crippen LogP contribution in [-0.2, 0) is 9.84 Å². The van der Waals surface area contributed by atoms with E-state index < -0.39 is 21.6 Å². The van der Waals surface area contributed by atoms with Gasteiger partial charge in [-0.1, -0.05) is 12.0 Å². The molecule has 0 radical (unpaired) electrons. The number of amides is 1. The van der Waals surface area contributed by atoms with Gasteiger partial charge in [-0.25, -0.2) is 12.8 Å². The highest BCUT2D eigenvalue weighted by Crippen LogP contribution is 2.20. The third-order valence-corrected chi connectivity index (χ3v) is 5.34. The van der Waals surface area contributed by atoms with Gasteiger partial charge in [-0.2, -0.15) is 0 Å². The van der Waals surface area contributed by atoms with E-state index >= 15 is 0 Å². The average Bonchev–Trinajstić information content (AvgIpc) is 3.11. The van der Waals surface area contributed by atoms with E-state index in [1.165, 1.54) is 48.5 Å². The third kappa shape index (κ3) is 3.77. The van der Waals surface area contributed by atoms with Crippen LogP contribution in [0.2, 0.25) is 0 Å². The topological polar surface area (TPSA) is 102 Å². The standard InChI is InChI=1S/C17H14FN3O4S/c1-2-26(23,24)14-9-5-11(6-10-14)15(22)19-17-21-20-16(25-17)12-3-7-13(18)8-4-12/h3-10H,2H2,1H3,(H,19,21,22). The molecule has 0 aliphatic carbocycles. The summed E-state index contributed by atoms with van der Waals surface area (Å²) in [6, 6.07) is 10.9. The predicted octanol–water partition coefficient (Wildman–Crippen LogP) is 2.92. The highest BCUT2D eigenvalue weighted by Gasteiger charge is 2.15. The first kappa shape index (κ1) is 17.7. The fourth-order valence-electron chi connectivity index (χ4n) is 2.13. The van der Waals surface area contributed by atoms with Crippen molar-refractivity contribution in [3.8, 4) is 11.5 Å². The summed E-state index contributed by atoms with van der Waals surface area (Å²) in [5.41, 5.74) is 0.745. The molecule has 134 valence electrons. The normalized spacial score (nSPS) is 11.3. The molecule has 26 heavy (non-hydrogen) atoms. The summed E-state index contributed by atoms with van der Waals surface area (Å²) >= 11 is 0. The van der Waals surface area contributed by atoms with Crippen LogP contribution in [0.1, 0.15) is 17.3 Å². The van der Waals surface area contributed by atoms with Gasteiger partial charge in [0.1, 0.15) is 5.82 Å². The molecule has 0 saturated heterocycles. The van der Waals surface area contributed by atoms with Crippen LogP contribution < -0.4 is 5.32 Å². The molecule has 3 aromatic rings. The molecule has 0 bridgehead atoms. The van der Waals surface area contributed by atoms with Gasteiger partial charge in [-0.3, -0.25) is 10.1 Å². The highest BCUT2D eigenvalue weighted by atomic mass is 32.2. The van der Waals surface area contributed by atoms with Crippen molar-refractivity contribution in [2.75, 3.05) is 11.1 Å². The average molecular weight is 375 g/mol. The zero-order valence-corrected chi connectivity index (χ0v) is 14.5. The minimum atomic E-state index is -3.33. The van der Waals surface area contributed by atoms with Gasteiger partial charge in [0.25, 0.3) is 5.91 Å². The van der Waals surface area contributed by atoms with Crippen molar-refractivity contribution in [2.24, 2.45) is 0 Å². The largest absolute Gasteiger partial charge is 0.403 e. The van der Waals surface area contributed by atoms with E-state index in [0.29, 0.717) is 5.56 Å². The minimum absolute atomic E-state index is 0.0211. The Bertz CT molecular complexity index is 1030. The van der Waals surface area contributed by atoms with Gasteiger partial charge >= 0.3 is 6.01 Å². The summed E-state index contributed by atoms with van der Waals surface area (Å²) in [5.74, 6) is -0.813. The SMILES string of the molecule is CCS(=O)(=O)c1ccc(C(=O)Nc2nnc(-c3ccc(F)cc3)o2)cc1. The maximum absolute atomic E-state index is 12.9. The second kappa shape index (κ2) is 7.04. The van der Waals surface area contributed by atoms with Crippen LogP contribution >= 0.6 is 0 Å². The lowest BCUT2D eigenvalue weighted by atomic mass is 10.2. The number of hydrogen-bond acceptors (Lipinski definition) is 6. The van der Waals surface area contributed by atoms with Crippen molar-refractivity contribution < 1.29 is 22.0 Å². The zero-order valence-electron chi connectivity index (χ0n) is 13.6. The molecule has 0 fully saturated rings. The Labute approximate surface area is 148 Å². The Hall–Kier alpha value is -3.07. The molecule has 0 saturated carbocycles. The lowest BCUT2D eigenvalue weighted by Gasteiger charge is -2.03. The number of nitrogens with zero attached hydrogens (tertiary/aromatic N) is 2. The summed E-state index contributed by atoms with van der Waals surface area (Å²) < 4.78 is 41.8. The number of hydrogen-bond donors (Lipinski definition) is 1. The molecule has 7 nitrogen and oxygen atoms in total. The summed E-state index contributed by atoms with van der Waals surface area (Å²) in [7, 11) is -3.33. The Kier molecular flexibility index (Phi) is 4.81. The molecule has 0 spiro atoms. The Balaban J connectivity index is 1.73. The first-order chi connectivity index (χ1) is 12.4. The van der Waals surface area contributed by atoms with E-state index in [4.69, 9.17) is 4.42 Å². The van der Waals surface area contributed by atoms with Gasteiger partial charge in [-0.05, 0) is 48.5 Å². The molecule has 9 heteroatoms. The van der Waals surface area contributed by atoms with Crippen LogP contribution in [0.15, 0.2) is 57.8 Å². The van der Waals surface area contributed by atoms with Crippen LogP contribution in [0.4, 0.5) is 10.4 Å². The number of benzene rings is 2. The lowest BCUT2D eigenvalue weighted by molar-refractivity contribution is 0.102. The Morgan fingerprint density at radius 3 is 2.35 bits per heavy atom. The molecule has 1 N–H and O–H groups in total. The molecule has 0 aliphatic heterocycles. The number of anilines is 1. The van der Waals surface area contributed by atoms with Crippen molar-refractivity contribution in [1.82, 2.24) is 10.2 Å². The van der Waals surface area contributed by atoms with Crippen LogP contribution in [0.3, 0.4) is 0 Å². The molecule has 2 aromatic carbocycles. The monoisotopic (exact) mass is 375 g/mol. The molecule has 1 aromatic heterocycles. The molecule has 3 rings (SSSR count). The van der Waals surface area contributed by atoms with Crippen molar-refractivity contribution in [3.63, 3.8) is 0 Å². The molecule has 1 amide bonds. The maximum atomic E-state index is 12.9. The quantitative estimate of drug-likeness (QED) is 0.736. The lowest BCUT2D eigenvalue weighted by Crippen LogP contribution is -2.12. The zero-order chi connectivity index (χ0) is 18.7. The van der Waals surface area contributed by atoms with E-state index in [0.717, 1.165) is 0 Å². The minimum Gasteiger partial charge on any atom is -0.403 e. The van der Waals surface area contributed by atoms with Crippen LogP contribution in [0, 0.1) is 5.82 Å². The number of aromatic nitrogens is 2. The summed E-state index contributed by atoms with van der Waals surface area (Å²) in [6.07, 6.45) is 0. The van der Waals surface area contributed by atoms with Gasteiger partial charge in [0.05, 0.1) is 10.6 Å².